The number of hydrogen-bond donors (Lipinski definition) is 1. The Morgan fingerprint density at radius 1 is 1.30 bits per heavy atom. The van der Waals surface area contributed by atoms with Gasteiger partial charge in [-0.3, -0.25) is 10.1 Å². The zero-order valence-electron chi connectivity index (χ0n) is 10.8. The van der Waals surface area contributed by atoms with E-state index in [1.807, 2.05) is 24.3 Å². The minimum Gasteiger partial charge on any atom is -0.496 e. The number of rotatable bonds is 5. The predicted molar refractivity (Wildman–Crippen MR) is 81.1 cm³/mol. The number of ether oxygens (including phenoxy) is 1. The molecule has 0 atom stereocenters. The Kier molecular flexibility index (Phi) is 4.57. The van der Waals surface area contributed by atoms with E-state index in [0.29, 0.717) is 12.2 Å². The van der Waals surface area contributed by atoms with Crippen molar-refractivity contribution in [3.8, 4) is 5.75 Å². The van der Waals surface area contributed by atoms with E-state index in [0.717, 1.165) is 15.8 Å². The van der Waals surface area contributed by atoms with E-state index >= 15 is 0 Å². The third-order valence-corrected chi connectivity index (χ3v) is 3.51. The second-order valence-corrected chi connectivity index (χ2v) is 4.94. The third-order valence-electron chi connectivity index (χ3n) is 2.82. The van der Waals surface area contributed by atoms with Gasteiger partial charge >= 0.3 is 0 Å². The van der Waals surface area contributed by atoms with E-state index < -0.39 is 4.92 Å². The largest absolute Gasteiger partial charge is 0.496 e. The first-order valence-electron chi connectivity index (χ1n) is 5.91. The van der Waals surface area contributed by atoms with Crippen molar-refractivity contribution in [2.75, 3.05) is 12.4 Å². The smallest absolute Gasteiger partial charge is 0.271 e. The summed E-state index contributed by atoms with van der Waals surface area (Å²) < 4.78 is 6.04. The first kappa shape index (κ1) is 14.3. The fourth-order valence-corrected chi connectivity index (χ4v) is 2.19. The van der Waals surface area contributed by atoms with Crippen molar-refractivity contribution >= 4 is 27.3 Å². The van der Waals surface area contributed by atoms with Crippen LogP contribution < -0.4 is 10.1 Å². The minimum atomic E-state index is -0.416. The Bertz CT molecular complexity index is 632. The first-order valence-corrected chi connectivity index (χ1v) is 6.71. The van der Waals surface area contributed by atoms with Crippen LogP contribution in [0.1, 0.15) is 5.56 Å². The summed E-state index contributed by atoms with van der Waals surface area (Å²) in [6, 6.07) is 12.2. The molecule has 6 heteroatoms. The SMILES string of the molecule is COc1ccccc1CNc1cc([N+](=O)[O-])ccc1Br. The molecule has 0 heterocycles. The van der Waals surface area contributed by atoms with Gasteiger partial charge in [0.05, 0.1) is 17.7 Å². The number of nitro groups is 1. The number of methoxy groups -OCH3 is 1. The first-order chi connectivity index (χ1) is 9.61. The van der Waals surface area contributed by atoms with Gasteiger partial charge in [0, 0.05) is 28.7 Å². The van der Waals surface area contributed by atoms with Crippen LogP contribution in [0.15, 0.2) is 46.9 Å². The van der Waals surface area contributed by atoms with E-state index in [1.165, 1.54) is 12.1 Å². The maximum atomic E-state index is 10.8. The van der Waals surface area contributed by atoms with Crippen molar-refractivity contribution in [2.24, 2.45) is 0 Å². The highest BCUT2D eigenvalue weighted by molar-refractivity contribution is 9.10. The predicted octanol–water partition coefficient (Wildman–Crippen LogP) is 3.98. The molecule has 0 fully saturated rings. The molecule has 0 bridgehead atoms. The van der Waals surface area contributed by atoms with Crippen LogP contribution in [0.25, 0.3) is 0 Å². The Labute approximate surface area is 124 Å². The number of nitro benzene ring substituents is 1. The molecule has 104 valence electrons. The fraction of sp³-hybridized carbons (Fsp3) is 0.143. The number of nitrogens with zero attached hydrogens (tertiary/aromatic N) is 1. The lowest BCUT2D eigenvalue weighted by Gasteiger charge is -2.11. The monoisotopic (exact) mass is 336 g/mol. The number of anilines is 1. The van der Waals surface area contributed by atoms with E-state index in [-0.39, 0.29) is 5.69 Å². The molecule has 0 aliphatic carbocycles. The summed E-state index contributed by atoms with van der Waals surface area (Å²) in [5.74, 6) is 0.779. The minimum absolute atomic E-state index is 0.0516. The Balaban J connectivity index is 2.18. The van der Waals surface area contributed by atoms with Gasteiger partial charge in [0.2, 0.25) is 0 Å². The lowest BCUT2D eigenvalue weighted by molar-refractivity contribution is -0.384. The van der Waals surface area contributed by atoms with Gasteiger partial charge in [-0.15, -0.1) is 0 Å². The van der Waals surface area contributed by atoms with Gasteiger partial charge in [-0.1, -0.05) is 18.2 Å². The number of nitrogens with one attached hydrogen (secondary N) is 1. The highest BCUT2D eigenvalue weighted by Gasteiger charge is 2.10. The van der Waals surface area contributed by atoms with Crippen LogP contribution >= 0.6 is 15.9 Å². The highest BCUT2D eigenvalue weighted by Crippen LogP contribution is 2.28. The molecule has 0 spiro atoms. The number of benzene rings is 2. The molecule has 0 unspecified atom stereocenters. The number of para-hydroxylation sites is 1. The quantitative estimate of drug-likeness (QED) is 0.662. The Hall–Kier alpha value is -2.08. The molecule has 2 aromatic carbocycles. The highest BCUT2D eigenvalue weighted by atomic mass is 79.9. The van der Waals surface area contributed by atoms with Crippen LogP contribution in [0.4, 0.5) is 11.4 Å². The summed E-state index contributed by atoms with van der Waals surface area (Å²) in [4.78, 5) is 10.4. The van der Waals surface area contributed by atoms with Gasteiger partial charge in [0.15, 0.2) is 0 Å². The van der Waals surface area contributed by atoms with Gasteiger partial charge in [-0.2, -0.15) is 0 Å². The molecule has 0 saturated heterocycles. The van der Waals surface area contributed by atoms with Crippen molar-refractivity contribution in [3.63, 3.8) is 0 Å². The van der Waals surface area contributed by atoms with Crippen molar-refractivity contribution < 1.29 is 9.66 Å². The maximum Gasteiger partial charge on any atom is 0.271 e. The summed E-state index contributed by atoms with van der Waals surface area (Å²) in [6.07, 6.45) is 0. The lowest BCUT2D eigenvalue weighted by atomic mass is 10.2. The van der Waals surface area contributed by atoms with E-state index in [1.54, 1.807) is 13.2 Å². The molecule has 5 nitrogen and oxygen atoms in total. The number of hydrogen-bond acceptors (Lipinski definition) is 4. The normalized spacial score (nSPS) is 10.1. The molecule has 0 aliphatic heterocycles. The van der Waals surface area contributed by atoms with Crippen molar-refractivity contribution in [3.05, 3.63) is 62.6 Å². The van der Waals surface area contributed by atoms with Crippen LogP contribution in [-0.2, 0) is 6.54 Å². The average Bonchev–Trinajstić information content (AvgIpc) is 2.46. The van der Waals surface area contributed by atoms with Gasteiger partial charge in [0.1, 0.15) is 5.75 Å². The third kappa shape index (κ3) is 3.27. The molecular formula is C14H13BrN2O3. The van der Waals surface area contributed by atoms with Gasteiger partial charge in [0.25, 0.3) is 5.69 Å². The van der Waals surface area contributed by atoms with Crippen LogP contribution in [0.3, 0.4) is 0 Å². The molecule has 1 N–H and O–H groups in total. The maximum absolute atomic E-state index is 10.8. The second kappa shape index (κ2) is 6.38. The molecular weight excluding hydrogens is 324 g/mol. The van der Waals surface area contributed by atoms with Crippen molar-refractivity contribution in [2.45, 2.75) is 6.54 Å². The molecule has 2 rings (SSSR count). The molecule has 0 aliphatic rings. The Morgan fingerprint density at radius 3 is 2.75 bits per heavy atom. The summed E-state index contributed by atoms with van der Waals surface area (Å²) in [5, 5.41) is 13.9. The molecule has 20 heavy (non-hydrogen) atoms. The molecule has 0 aromatic heterocycles. The number of non-ortho nitro benzene ring substituents is 1. The summed E-state index contributed by atoms with van der Waals surface area (Å²) in [7, 11) is 1.61. The fourth-order valence-electron chi connectivity index (χ4n) is 1.80. The van der Waals surface area contributed by atoms with Gasteiger partial charge in [-0.05, 0) is 28.1 Å². The molecule has 0 amide bonds. The van der Waals surface area contributed by atoms with E-state index in [4.69, 9.17) is 4.74 Å². The van der Waals surface area contributed by atoms with Crippen LogP contribution in [0.2, 0.25) is 0 Å². The number of halogens is 1. The summed E-state index contributed by atoms with van der Waals surface area (Å²) >= 11 is 3.37. The standard InChI is InChI=1S/C14H13BrN2O3/c1-20-14-5-3-2-4-10(14)9-16-13-8-11(17(18)19)6-7-12(13)15/h2-8,16H,9H2,1H3. The second-order valence-electron chi connectivity index (χ2n) is 4.09. The van der Waals surface area contributed by atoms with E-state index in [9.17, 15) is 10.1 Å². The lowest BCUT2D eigenvalue weighted by Crippen LogP contribution is -2.02. The van der Waals surface area contributed by atoms with Crippen LogP contribution in [0, 0.1) is 10.1 Å². The molecule has 0 radical (unpaired) electrons. The average molecular weight is 337 g/mol. The zero-order chi connectivity index (χ0) is 14.5. The Morgan fingerprint density at radius 2 is 2.05 bits per heavy atom. The topological polar surface area (TPSA) is 64.4 Å². The van der Waals surface area contributed by atoms with Gasteiger partial charge < -0.3 is 10.1 Å². The summed E-state index contributed by atoms with van der Waals surface area (Å²) in [6.45, 7) is 0.518. The molecule has 2 aromatic rings. The van der Waals surface area contributed by atoms with Gasteiger partial charge in [-0.25, -0.2) is 0 Å². The summed E-state index contributed by atoms with van der Waals surface area (Å²) in [5.41, 5.74) is 1.70. The zero-order valence-corrected chi connectivity index (χ0v) is 12.4. The molecule has 0 saturated carbocycles. The van der Waals surface area contributed by atoms with Crippen LogP contribution in [-0.4, -0.2) is 12.0 Å². The van der Waals surface area contributed by atoms with Crippen molar-refractivity contribution in [1.82, 2.24) is 0 Å². The van der Waals surface area contributed by atoms with Crippen molar-refractivity contribution in [1.29, 1.82) is 0 Å². The van der Waals surface area contributed by atoms with E-state index in [2.05, 4.69) is 21.2 Å². The van der Waals surface area contributed by atoms with Crippen LogP contribution in [0.5, 0.6) is 5.75 Å².